The molecule has 106 valence electrons. The highest BCUT2D eigenvalue weighted by Gasteiger charge is 2.31. The number of amides is 1. The Hall–Kier alpha value is -2.82. The van der Waals surface area contributed by atoms with Crippen LogP contribution in [0.25, 0.3) is 0 Å². The molecule has 0 saturated heterocycles. The number of fused-ring (bicyclic) bond motifs is 1. The summed E-state index contributed by atoms with van der Waals surface area (Å²) in [6.45, 7) is 1.95. The first kappa shape index (κ1) is 13.2. The lowest BCUT2D eigenvalue weighted by Gasteiger charge is -2.15. The Morgan fingerprint density at radius 2 is 2.00 bits per heavy atom. The van der Waals surface area contributed by atoms with E-state index in [0.29, 0.717) is 5.69 Å². The molecule has 5 nitrogen and oxygen atoms in total. The summed E-state index contributed by atoms with van der Waals surface area (Å²) >= 11 is 0. The maximum Gasteiger partial charge on any atom is 0.337 e. The second kappa shape index (κ2) is 4.94. The molecule has 5 heteroatoms. The van der Waals surface area contributed by atoms with Gasteiger partial charge in [-0.3, -0.25) is 4.79 Å². The highest BCUT2D eigenvalue weighted by Crippen LogP contribution is 2.34. The number of nitrogens with one attached hydrogen (secondary N) is 2. The highest BCUT2D eigenvalue weighted by atomic mass is 16.4. The second-order valence-corrected chi connectivity index (χ2v) is 5.01. The monoisotopic (exact) mass is 282 g/mol. The van der Waals surface area contributed by atoms with Gasteiger partial charge in [-0.15, -0.1) is 0 Å². The van der Waals surface area contributed by atoms with Crippen molar-refractivity contribution in [1.29, 1.82) is 0 Å². The average molecular weight is 282 g/mol. The van der Waals surface area contributed by atoms with Crippen LogP contribution in [-0.2, 0) is 4.79 Å². The van der Waals surface area contributed by atoms with E-state index >= 15 is 0 Å². The largest absolute Gasteiger partial charge is 0.478 e. The Morgan fingerprint density at radius 1 is 1.24 bits per heavy atom. The van der Waals surface area contributed by atoms with Gasteiger partial charge in [0.25, 0.3) is 5.91 Å². The van der Waals surface area contributed by atoms with Gasteiger partial charge in [-0.05, 0) is 25.1 Å². The zero-order valence-corrected chi connectivity index (χ0v) is 11.4. The standard InChI is InChI=1S/C16H14N2O3/c1-9-6-7-13-11(8-9)14(15(19)18-13)17-12-5-3-2-4-10(12)16(20)21/h2-8,14,17H,1H3,(H,18,19)(H,20,21). The lowest BCUT2D eigenvalue weighted by molar-refractivity contribution is -0.116. The third-order valence-corrected chi connectivity index (χ3v) is 3.50. The summed E-state index contributed by atoms with van der Waals surface area (Å²) < 4.78 is 0. The summed E-state index contributed by atoms with van der Waals surface area (Å²) in [5, 5.41) is 15.0. The summed E-state index contributed by atoms with van der Waals surface area (Å²) in [5.41, 5.74) is 3.21. The van der Waals surface area contributed by atoms with Crippen molar-refractivity contribution in [2.45, 2.75) is 13.0 Å². The van der Waals surface area contributed by atoms with Crippen molar-refractivity contribution in [3.63, 3.8) is 0 Å². The maximum absolute atomic E-state index is 12.1. The third-order valence-electron chi connectivity index (χ3n) is 3.50. The van der Waals surface area contributed by atoms with E-state index in [0.717, 1.165) is 16.8 Å². The molecule has 1 aliphatic rings. The van der Waals surface area contributed by atoms with Crippen LogP contribution in [0.15, 0.2) is 42.5 Å². The van der Waals surface area contributed by atoms with Crippen molar-refractivity contribution < 1.29 is 14.7 Å². The van der Waals surface area contributed by atoms with E-state index in [2.05, 4.69) is 10.6 Å². The fourth-order valence-corrected chi connectivity index (χ4v) is 2.48. The molecule has 1 atom stereocenters. The molecular formula is C16H14N2O3. The lowest BCUT2D eigenvalue weighted by Crippen LogP contribution is -2.21. The van der Waals surface area contributed by atoms with Gasteiger partial charge in [0.1, 0.15) is 6.04 Å². The summed E-state index contributed by atoms with van der Waals surface area (Å²) in [5.74, 6) is -1.21. The van der Waals surface area contributed by atoms with Gasteiger partial charge in [-0.1, -0.05) is 29.8 Å². The Labute approximate surface area is 121 Å². The van der Waals surface area contributed by atoms with Crippen molar-refractivity contribution in [1.82, 2.24) is 0 Å². The molecule has 2 aromatic rings. The molecule has 0 saturated carbocycles. The second-order valence-electron chi connectivity index (χ2n) is 5.01. The topological polar surface area (TPSA) is 78.4 Å². The quantitative estimate of drug-likeness (QED) is 0.809. The van der Waals surface area contributed by atoms with Gasteiger partial charge in [-0.2, -0.15) is 0 Å². The number of anilines is 2. The van der Waals surface area contributed by atoms with Gasteiger partial charge in [0.05, 0.1) is 5.56 Å². The van der Waals surface area contributed by atoms with E-state index in [4.69, 9.17) is 0 Å². The van der Waals surface area contributed by atoms with Crippen molar-refractivity contribution in [3.05, 3.63) is 59.2 Å². The van der Waals surface area contributed by atoms with Gasteiger partial charge in [0, 0.05) is 16.9 Å². The van der Waals surface area contributed by atoms with Crippen molar-refractivity contribution in [2.75, 3.05) is 10.6 Å². The van der Waals surface area contributed by atoms with Crippen LogP contribution in [0.1, 0.15) is 27.5 Å². The number of aromatic carboxylic acids is 1. The number of carboxylic acid groups (broad SMARTS) is 1. The van der Waals surface area contributed by atoms with Crippen molar-refractivity contribution in [2.24, 2.45) is 0 Å². The highest BCUT2D eigenvalue weighted by molar-refractivity contribution is 6.05. The first-order chi connectivity index (χ1) is 10.1. The molecule has 0 spiro atoms. The van der Waals surface area contributed by atoms with Crippen LogP contribution in [-0.4, -0.2) is 17.0 Å². The minimum Gasteiger partial charge on any atom is -0.478 e. The Balaban J connectivity index is 1.98. The van der Waals surface area contributed by atoms with Crippen LogP contribution in [0.4, 0.5) is 11.4 Å². The number of benzene rings is 2. The maximum atomic E-state index is 12.1. The number of carboxylic acids is 1. The molecule has 3 rings (SSSR count). The van der Waals surface area contributed by atoms with Crippen molar-refractivity contribution in [3.8, 4) is 0 Å². The number of rotatable bonds is 3. The van der Waals surface area contributed by atoms with E-state index in [-0.39, 0.29) is 11.5 Å². The van der Waals surface area contributed by atoms with Crippen LogP contribution in [0.2, 0.25) is 0 Å². The van der Waals surface area contributed by atoms with E-state index in [1.807, 2.05) is 25.1 Å². The molecule has 21 heavy (non-hydrogen) atoms. The number of aryl methyl sites for hydroxylation is 1. The van der Waals surface area contributed by atoms with Gasteiger partial charge in [0.2, 0.25) is 0 Å². The fraction of sp³-hybridized carbons (Fsp3) is 0.125. The number of hydrogen-bond acceptors (Lipinski definition) is 3. The number of hydrogen-bond donors (Lipinski definition) is 3. The predicted octanol–water partition coefficient (Wildman–Crippen LogP) is 2.80. The molecule has 1 unspecified atom stereocenters. The molecule has 1 amide bonds. The van der Waals surface area contributed by atoms with E-state index in [1.165, 1.54) is 6.07 Å². The molecule has 0 fully saturated rings. The number of para-hydroxylation sites is 1. The zero-order valence-electron chi connectivity index (χ0n) is 11.4. The van der Waals surface area contributed by atoms with E-state index in [1.54, 1.807) is 18.2 Å². The van der Waals surface area contributed by atoms with Gasteiger partial charge in [0.15, 0.2) is 0 Å². The van der Waals surface area contributed by atoms with E-state index in [9.17, 15) is 14.7 Å². The van der Waals surface area contributed by atoms with Gasteiger partial charge < -0.3 is 15.7 Å². The normalized spacial score (nSPS) is 16.2. The molecule has 1 aliphatic heterocycles. The first-order valence-electron chi connectivity index (χ1n) is 6.56. The Bertz CT molecular complexity index is 740. The molecule has 0 bridgehead atoms. The summed E-state index contributed by atoms with van der Waals surface area (Å²) in [6.07, 6.45) is 0. The molecule has 0 aromatic heterocycles. The SMILES string of the molecule is Cc1ccc2c(c1)C(Nc1ccccc1C(=O)O)C(=O)N2. The zero-order chi connectivity index (χ0) is 15.0. The van der Waals surface area contributed by atoms with Gasteiger partial charge >= 0.3 is 5.97 Å². The smallest absolute Gasteiger partial charge is 0.337 e. The molecule has 0 aliphatic carbocycles. The minimum atomic E-state index is -1.03. The van der Waals surface area contributed by atoms with Gasteiger partial charge in [-0.25, -0.2) is 4.79 Å². The molecule has 3 N–H and O–H groups in total. The van der Waals surface area contributed by atoms with Crippen LogP contribution >= 0.6 is 0 Å². The van der Waals surface area contributed by atoms with Crippen LogP contribution < -0.4 is 10.6 Å². The Morgan fingerprint density at radius 3 is 2.76 bits per heavy atom. The molecular weight excluding hydrogens is 268 g/mol. The lowest BCUT2D eigenvalue weighted by atomic mass is 10.0. The summed E-state index contributed by atoms with van der Waals surface area (Å²) in [6, 6.07) is 11.7. The van der Waals surface area contributed by atoms with Crippen LogP contribution in [0.3, 0.4) is 0 Å². The Kier molecular flexibility index (Phi) is 3.10. The molecule has 2 aromatic carbocycles. The first-order valence-corrected chi connectivity index (χ1v) is 6.56. The van der Waals surface area contributed by atoms with Crippen molar-refractivity contribution >= 4 is 23.3 Å². The molecule has 1 heterocycles. The molecule has 0 radical (unpaired) electrons. The summed E-state index contributed by atoms with van der Waals surface area (Å²) in [4.78, 5) is 23.3. The minimum absolute atomic E-state index is 0.145. The average Bonchev–Trinajstić information content (AvgIpc) is 2.75. The van der Waals surface area contributed by atoms with E-state index < -0.39 is 12.0 Å². The number of carbonyl (C=O) groups is 2. The fourth-order valence-electron chi connectivity index (χ4n) is 2.48. The summed E-state index contributed by atoms with van der Waals surface area (Å²) in [7, 11) is 0. The van der Waals surface area contributed by atoms with Crippen LogP contribution in [0, 0.1) is 6.92 Å². The third kappa shape index (κ3) is 2.33. The number of carbonyl (C=O) groups excluding carboxylic acids is 1. The predicted molar refractivity (Wildman–Crippen MR) is 79.6 cm³/mol. The van der Waals surface area contributed by atoms with Crippen LogP contribution in [0.5, 0.6) is 0 Å².